The Labute approximate surface area is 180 Å². The van der Waals surface area contributed by atoms with Crippen LogP contribution in [0, 0.1) is 5.92 Å². The molecule has 1 heterocycles. The van der Waals surface area contributed by atoms with Gasteiger partial charge in [0.05, 0.1) is 21.3 Å². The number of halogens is 3. The number of hydrogen-bond acceptors (Lipinski definition) is 4. The van der Waals surface area contributed by atoms with Crippen LogP contribution >= 0.6 is 11.3 Å². The second kappa shape index (κ2) is 8.66. The standard InChI is InChI=1S/C22H20F3N3O2S/c23-22(24,25)16-9-5-4-8-15(16)20(30)26-14-10-11-17-18(12-14)31-21(27-17)28-19(29)13-6-2-1-3-7-13/h4-5,8-13H,1-3,6-7H2,(H,26,30)(H,27,28,29). The molecule has 162 valence electrons. The predicted octanol–water partition coefficient (Wildman–Crippen LogP) is 6.09. The van der Waals surface area contributed by atoms with E-state index in [1.54, 1.807) is 18.2 Å². The number of thiazole rings is 1. The number of nitrogens with one attached hydrogen (secondary N) is 2. The molecular formula is C22H20F3N3O2S. The lowest BCUT2D eigenvalue weighted by molar-refractivity contribution is -0.137. The zero-order valence-electron chi connectivity index (χ0n) is 16.5. The van der Waals surface area contributed by atoms with Crippen molar-refractivity contribution in [2.75, 3.05) is 10.6 Å². The third-order valence-corrected chi connectivity index (χ3v) is 6.26. The van der Waals surface area contributed by atoms with Gasteiger partial charge in [0.1, 0.15) is 0 Å². The highest BCUT2D eigenvalue weighted by Crippen LogP contribution is 2.33. The molecule has 9 heteroatoms. The first-order valence-electron chi connectivity index (χ1n) is 10.0. The Bertz CT molecular complexity index is 1120. The van der Waals surface area contributed by atoms with Crippen LogP contribution in [0.25, 0.3) is 10.2 Å². The summed E-state index contributed by atoms with van der Waals surface area (Å²) in [7, 11) is 0. The van der Waals surface area contributed by atoms with Crippen molar-refractivity contribution in [1.82, 2.24) is 4.98 Å². The Morgan fingerprint density at radius 1 is 1.00 bits per heavy atom. The van der Waals surface area contributed by atoms with Crippen molar-refractivity contribution in [2.24, 2.45) is 5.92 Å². The van der Waals surface area contributed by atoms with Crippen LogP contribution in [0.2, 0.25) is 0 Å². The quantitative estimate of drug-likeness (QED) is 0.509. The average molecular weight is 447 g/mol. The van der Waals surface area contributed by atoms with Crippen molar-refractivity contribution in [1.29, 1.82) is 0 Å². The Morgan fingerprint density at radius 3 is 2.48 bits per heavy atom. The van der Waals surface area contributed by atoms with Gasteiger partial charge >= 0.3 is 6.18 Å². The summed E-state index contributed by atoms with van der Waals surface area (Å²) in [4.78, 5) is 29.3. The second-order valence-corrected chi connectivity index (χ2v) is 8.55. The predicted molar refractivity (Wildman–Crippen MR) is 114 cm³/mol. The third kappa shape index (κ3) is 4.87. The van der Waals surface area contributed by atoms with Crippen molar-refractivity contribution < 1.29 is 22.8 Å². The Hall–Kier alpha value is -2.94. The number of carbonyl (C=O) groups is 2. The minimum absolute atomic E-state index is 0.00399. The molecule has 0 aliphatic heterocycles. The first-order chi connectivity index (χ1) is 14.8. The minimum atomic E-state index is -4.62. The first-order valence-corrected chi connectivity index (χ1v) is 10.8. The summed E-state index contributed by atoms with van der Waals surface area (Å²) >= 11 is 1.26. The number of anilines is 2. The monoisotopic (exact) mass is 447 g/mol. The number of rotatable bonds is 4. The van der Waals surface area contributed by atoms with Crippen molar-refractivity contribution >= 4 is 44.2 Å². The number of benzene rings is 2. The summed E-state index contributed by atoms with van der Waals surface area (Å²) in [5, 5.41) is 5.85. The number of carbonyl (C=O) groups excluding carboxylic acids is 2. The van der Waals surface area contributed by atoms with E-state index in [2.05, 4.69) is 15.6 Å². The summed E-state index contributed by atoms with van der Waals surface area (Å²) in [5.74, 6) is -0.872. The number of hydrogen-bond donors (Lipinski definition) is 2. The molecule has 0 unspecified atom stereocenters. The van der Waals surface area contributed by atoms with E-state index in [1.165, 1.54) is 23.5 Å². The molecule has 0 radical (unpaired) electrons. The highest BCUT2D eigenvalue weighted by molar-refractivity contribution is 7.22. The van der Waals surface area contributed by atoms with Gasteiger partial charge in [-0.25, -0.2) is 4.98 Å². The molecule has 4 rings (SSSR count). The summed E-state index contributed by atoms with van der Waals surface area (Å²) in [6, 6.07) is 9.52. The zero-order valence-corrected chi connectivity index (χ0v) is 17.3. The first kappa shape index (κ1) is 21.3. The largest absolute Gasteiger partial charge is 0.417 e. The van der Waals surface area contributed by atoms with Gasteiger partial charge in [-0.05, 0) is 43.2 Å². The summed E-state index contributed by atoms with van der Waals surface area (Å²) in [6.45, 7) is 0. The van der Waals surface area contributed by atoms with E-state index >= 15 is 0 Å². The van der Waals surface area contributed by atoms with E-state index in [4.69, 9.17) is 0 Å². The van der Waals surface area contributed by atoms with Gasteiger partial charge in [-0.3, -0.25) is 9.59 Å². The van der Waals surface area contributed by atoms with Crippen molar-refractivity contribution in [3.05, 3.63) is 53.6 Å². The lowest BCUT2D eigenvalue weighted by atomic mass is 9.89. The lowest BCUT2D eigenvalue weighted by Crippen LogP contribution is -2.24. The Morgan fingerprint density at radius 2 is 1.74 bits per heavy atom. The molecule has 3 aromatic rings. The van der Waals surface area contributed by atoms with Crippen molar-refractivity contribution in [3.63, 3.8) is 0 Å². The molecule has 1 fully saturated rings. The summed E-state index contributed by atoms with van der Waals surface area (Å²) in [6.07, 6.45) is 0.406. The molecule has 1 saturated carbocycles. The smallest absolute Gasteiger partial charge is 0.322 e. The third-order valence-electron chi connectivity index (χ3n) is 5.33. The lowest BCUT2D eigenvalue weighted by Gasteiger charge is -2.19. The van der Waals surface area contributed by atoms with E-state index < -0.39 is 23.2 Å². The van der Waals surface area contributed by atoms with Gasteiger partial charge < -0.3 is 10.6 Å². The Kier molecular flexibility index (Phi) is 5.95. The van der Waals surface area contributed by atoms with Crippen LogP contribution in [0.15, 0.2) is 42.5 Å². The molecule has 1 aliphatic carbocycles. The van der Waals surface area contributed by atoms with E-state index in [0.717, 1.165) is 44.2 Å². The average Bonchev–Trinajstić information content (AvgIpc) is 3.15. The number of alkyl halides is 3. The van der Waals surface area contributed by atoms with Gasteiger partial charge in [0.25, 0.3) is 5.91 Å². The number of amides is 2. The highest BCUT2D eigenvalue weighted by atomic mass is 32.1. The fraction of sp³-hybridized carbons (Fsp3) is 0.318. The number of aromatic nitrogens is 1. The van der Waals surface area contributed by atoms with Crippen LogP contribution in [0.4, 0.5) is 24.0 Å². The van der Waals surface area contributed by atoms with Gasteiger partial charge in [0.2, 0.25) is 5.91 Å². The SMILES string of the molecule is O=C(Nc1ccc2nc(NC(=O)C3CCCCC3)sc2c1)c1ccccc1C(F)(F)F. The molecule has 0 bridgehead atoms. The van der Waals surface area contributed by atoms with E-state index in [0.29, 0.717) is 21.0 Å². The van der Waals surface area contributed by atoms with Crippen molar-refractivity contribution in [3.8, 4) is 0 Å². The fourth-order valence-electron chi connectivity index (χ4n) is 3.75. The molecule has 1 aliphatic rings. The molecule has 1 aromatic heterocycles. The van der Waals surface area contributed by atoms with Crippen LogP contribution in [0.3, 0.4) is 0 Å². The van der Waals surface area contributed by atoms with Crippen LogP contribution < -0.4 is 10.6 Å². The molecule has 0 atom stereocenters. The maximum Gasteiger partial charge on any atom is 0.417 e. The summed E-state index contributed by atoms with van der Waals surface area (Å²) < 4.78 is 40.2. The zero-order chi connectivity index (χ0) is 22.0. The van der Waals surface area contributed by atoms with E-state index in [1.807, 2.05) is 0 Å². The maximum atomic E-state index is 13.2. The topological polar surface area (TPSA) is 71.1 Å². The van der Waals surface area contributed by atoms with Crippen LogP contribution in [0.1, 0.15) is 48.0 Å². The van der Waals surface area contributed by atoms with Gasteiger partial charge in [-0.1, -0.05) is 42.7 Å². The molecule has 31 heavy (non-hydrogen) atoms. The van der Waals surface area contributed by atoms with Crippen LogP contribution in [-0.2, 0) is 11.0 Å². The van der Waals surface area contributed by atoms with E-state index in [-0.39, 0.29) is 11.8 Å². The Balaban J connectivity index is 1.50. The van der Waals surface area contributed by atoms with Gasteiger partial charge in [0, 0.05) is 11.6 Å². The van der Waals surface area contributed by atoms with E-state index in [9.17, 15) is 22.8 Å². The summed E-state index contributed by atoms with van der Waals surface area (Å²) in [5.41, 5.74) is -0.445. The maximum absolute atomic E-state index is 13.2. The molecule has 5 nitrogen and oxygen atoms in total. The fourth-order valence-corrected chi connectivity index (χ4v) is 4.66. The molecule has 2 N–H and O–H groups in total. The van der Waals surface area contributed by atoms with Crippen LogP contribution in [0.5, 0.6) is 0 Å². The molecule has 0 saturated heterocycles. The van der Waals surface area contributed by atoms with Gasteiger partial charge in [0.15, 0.2) is 5.13 Å². The normalized spacial score (nSPS) is 15.1. The molecule has 2 aromatic carbocycles. The molecule has 2 amide bonds. The minimum Gasteiger partial charge on any atom is -0.322 e. The van der Waals surface area contributed by atoms with Gasteiger partial charge in [-0.2, -0.15) is 13.2 Å². The highest BCUT2D eigenvalue weighted by Gasteiger charge is 2.34. The number of fused-ring (bicyclic) bond motifs is 1. The van der Waals surface area contributed by atoms with Gasteiger partial charge in [-0.15, -0.1) is 0 Å². The van der Waals surface area contributed by atoms with Crippen molar-refractivity contribution in [2.45, 2.75) is 38.3 Å². The van der Waals surface area contributed by atoms with Crippen LogP contribution in [-0.4, -0.2) is 16.8 Å². The molecule has 0 spiro atoms. The second-order valence-electron chi connectivity index (χ2n) is 7.52. The number of nitrogens with zero attached hydrogens (tertiary/aromatic N) is 1. The molecular weight excluding hydrogens is 427 g/mol.